The largest absolute Gasteiger partial charge is 0.469 e. The number of carbonyl (C=O) groups is 1. The van der Waals surface area contributed by atoms with Crippen LogP contribution in [0.1, 0.15) is 20.8 Å². The van der Waals surface area contributed by atoms with Crippen LogP contribution in [0.25, 0.3) is 0 Å². The van der Waals surface area contributed by atoms with E-state index in [0.717, 1.165) is 0 Å². The second kappa shape index (κ2) is 3.45. The Labute approximate surface area is 55.3 Å². The van der Waals surface area contributed by atoms with E-state index in [0.29, 0.717) is 0 Å². The fraction of sp³-hybridized carbons (Fsp3) is 0.833. The first-order valence-corrected chi connectivity index (χ1v) is 2.57. The third-order valence-electron chi connectivity index (χ3n) is 0.798. The summed E-state index contributed by atoms with van der Waals surface area (Å²) in [6, 6.07) is 0. The Bertz CT molecular complexity index is 91.0. The van der Waals surface area contributed by atoms with Crippen LogP contribution >= 0.6 is 0 Å². The van der Waals surface area contributed by atoms with Crippen molar-refractivity contribution in [3.05, 3.63) is 0 Å². The summed E-state index contributed by atoms with van der Waals surface area (Å²) in [5, 5.41) is 0. The van der Waals surface area contributed by atoms with E-state index in [4.69, 9.17) is 0 Å². The van der Waals surface area contributed by atoms with Crippen molar-refractivity contribution in [1.29, 1.82) is 0 Å². The lowest BCUT2D eigenvalue weighted by Crippen LogP contribution is -2.21. The van der Waals surface area contributed by atoms with Crippen LogP contribution in [0.2, 0.25) is 0 Å². The number of esters is 1. The molecule has 0 aliphatic carbocycles. The molecule has 0 amide bonds. The van der Waals surface area contributed by atoms with Crippen molar-refractivity contribution in [3.63, 3.8) is 0 Å². The molecule has 3 heteroatoms. The van der Waals surface area contributed by atoms with E-state index in [9.17, 15) is 4.79 Å². The average molecular weight is 134 g/mol. The molecule has 0 spiro atoms. The highest BCUT2D eigenvalue weighted by Crippen LogP contribution is 2.13. The molecule has 56 valence electrons. The predicted molar refractivity (Wildman–Crippen MR) is 35.1 cm³/mol. The molecule has 0 aromatic heterocycles. The topological polar surface area (TPSA) is 57.8 Å². The molecule has 0 saturated carbocycles. The number of carbonyl (C=O) groups excluding carboxylic acids is 1. The number of methoxy groups -OCH3 is 1. The van der Waals surface area contributed by atoms with Gasteiger partial charge in [0.2, 0.25) is 0 Å². The van der Waals surface area contributed by atoms with Crippen LogP contribution in [0.15, 0.2) is 0 Å². The summed E-state index contributed by atoms with van der Waals surface area (Å²) in [5.41, 5.74) is -0.352. The fourth-order valence-electron chi connectivity index (χ4n) is 0.306. The van der Waals surface area contributed by atoms with Gasteiger partial charge >= 0.3 is 5.97 Å². The maximum atomic E-state index is 10.6. The van der Waals surface area contributed by atoms with Crippen molar-refractivity contribution in [2.45, 2.75) is 20.8 Å². The molecule has 9 heavy (non-hydrogen) atoms. The van der Waals surface area contributed by atoms with Crippen LogP contribution in [0.3, 0.4) is 0 Å². The van der Waals surface area contributed by atoms with Crippen molar-refractivity contribution in [2.24, 2.45) is 5.41 Å². The molecule has 0 heterocycles. The Morgan fingerprint density at radius 2 is 1.67 bits per heavy atom. The van der Waals surface area contributed by atoms with Gasteiger partial charge in [-0.25, -0.2) is 0 Å². The summed E-state index contributed by atoms with van der Waals surface area (Å²) >= 11 is 0. The molecule has 0 saturated heterocycles. The van der Waals surface area contributed by atoms with Gasteiger partial charge in [0.25, 0.3) is 0 Å². The van der Waals surface area contributed by atoms with Crippen LogP contribution in [0.5, 0.6) is 0 Å². The summed E-state index contributed by atoms with van der Waals surface area (Å²) in [5.74, 6) is -0.169. The van der Waals surface area contributed by atoms with Gasteiger partial charge in [-0.1, -0.05) is 0 Å². The van der Waals surface area contributed by atoms with Gasteiger partial charge in [-0.05, 0) is 20.8 Å². The van der Waals surface area contributed by atoms with Gasteiger partial charge in [0.1, 0.15) is 0 Å². The van der Waals surface area contributed by atoms with Gasteiger partial charge in [-0.2, -0.15) is 0 Å². The minimum atomic E-state index is -0.352. The van der Waals surface area contributed by atoms with E-state index in [-0.39, 0.29) is 16.9 Å². The van der Waals surface area contributed by atoms with Crippen LogP contribution in [-0.2, 0) is 9.53 Å². The Balaban J connectivity index is 0. The van der Waals surface area contributed by atoms with E-state index in [1.165, 1.54) is 7.11 Å². The normalized spacial score (nSPS) is 9.78. The molecule has 0 atom stereocenters. The average Bonchev–Trinajstić information content (AvgIpc) is 1.62. The minimum absolute atomic E-state index is 0. The second-order valence-electron chi connectivity index (χ2n) is 2.74. The Morgan fingerprint density at radius 1 is 1.33 bits per heavy atom. The molecule has 0 fully saturated rings. The maximum absolute atomic E-state index is 10.6. The lowest BCUT2D eigenvalue weighted by molar-refractivity contribution is -0.149. The summed E-state index contributed by atoms with van der Waals surface area (Å²) in [7, 11) is 1.40. The second-order valence-corrected chi connectivity index (χ2v) is 2.74. The summed E-state index contributed by atoms with van der Waals surface area (Å²) < 4.78 is 4.48. The quantitative estimate of drug-likeness (QED) is 0.450. The highest BCUT2D eigenvalue weighted by molar-refractivity contribution is 5.75. The molecule has 0 aromatic rings. The SMILES string of the molecule is COC(=O)C(C)(C)C.O. The smallest absolute Gasteiger partial charge is 0.310 e. The number of rotatable bonds is 0. The van der Waals surface area contributed by atoms with E-state index in [2.05, 4.69) is 4.74 Å². The number of ether oxygens (including phenoxy) is 1. The van der Waals surface area contributed by atoms with Gasteiger partial charge < -0.3 is 10.2 Å². The van der Waals surface area contributed by atoms with E-state index in [1.807, 2.05) is 20.8 Å². The Hall–Kier alpha value is -0.570. The number of hydrogen-bond donors (Lipinski definition) is 0. The van der Waals surface area contributed by atoms with Gasteiger partial charge in [0, 0.05) is 0 Å². The first-order chi connectivity index (χ1) is 3.48. The van der Waals surface area contributed by atoms with E-state index >= 15 is 0 Å². The Morgan fingerprint density at radius 3 is 1.67 bits per heavy atom. The van der Waals surface area contributed by atoms with Crippen molar-refractivity contribution in [1.82, 2.24) is 0 Å². The van der Waals surface area contributed by atoms with Gasteiger partial charge in [-0.3, -0.25) is 4.79 Å². The predicted octanol–water partition coefficient (Wildman–Crippen LogP) is 0.381. The van der Waals surface area contributed by atoms with Gasteiger partial charge in [0.05, 0.1) is 12.5 Å². The molecule has 0 radical (unpaired) electrons. The third-order valence-corrected chi connectivity index (χ3v) is 0.798. The van der Waals surface area contributed by atoms with Gasteiger partial charge in [-0.15, -0.1) is 0 Å². The van der Waals surface area contributed by atoms with Crippen molar-refractivity contribution < 1.29 is 15.0 Å². The molecule has 0 aromatic carbocycles. The maximum Gasteiger partial charge on any atom is 0.310 e. The van der Waals surface area contributed by atoms with Crippen LogP contribution in [0.4, 0.5) is 0 Å². The van der Waals surface area contributed by atoms with E-state index in [1.54, 1.807) is 0 Å². The summed E-state index contributed by atoms with van der Waals surface area (Å²) in [4.78, 5) is 10.6. The van der Waals surface area contributed by atoms with Crippen molar-refractivity contribution in [2.75, 3.05) is 7.11 Å². The zero-order valence-electron chi connectivity index (χ0n) is 6.32. The summed E-state index contributed by atoms with van der Waals surface area (Å²) in [6.07, 6.45) is 0. The number of hydrogen-bond acceptors (Lipinski definition) is 2. The van der Waals surface area contributed by atoms with Crippen molar-refractivity contribution >= 4 is 5.97 Å². The van der Waals surface area contributed by atoms with E-state index < -0.39 is 0 Å². The third kappa shape index (κ3) is 3.97. The van der Waals surface area contributed by atoms with Crippen LogP contribution < -0.4 is 0 Å². The van der Waals surface area contributed by atoms with Crippen LogP contribution in [0, 0.1) is 5.41 Å². The minimum Gasteiger partial charge on any atom is -0.469 e. The fourth-order valence-corrected chi connectivity index (χ4v) is 0.306. The molecule has 0 bridgehead atoms. The molecule has 2 N–H and O–H groups in total. The van der Waals surface area contributed by atoms with Crippen LogP contribution in [-0.4, -0.2) is 18.6 Å². The zero-order valence-corrected chi connectivity index (χ0v) is 6.32. The highest BCUT2D eigenvalue weighted by atomic mass is 16.5. The van der Waals surface area contributed by atoms with Crippen molar-refractivity contribution in [3.8, 4) is 0 Å². The molecule has 0 aliphatic heterocycles. The molecule has 0 aliphatic rings. The molecule has 0 unspecified atom stereocenters. The first kappa shape index (κ1) is 11.3. The standard InChI is InChI=1S/C6H12O2.H2O/c1-6(2,3)5(7)8-4;/h1-4H3;1H2. The summed E-state index contributed by atoms with van der Waals surface area (Å²) in [6.45, 7) is 5.45. The molecule has 0 rings (SSSR count). The van der Waals surface area contributed by atoms with Gasteiger partial charge in [0.15, 0.2) is 0 Å². The first-order valence-electron chi connectivity index (χ1n) is 2.57. The molecular weight excluding hydrogens is 120 g/mol. The monoisotopic (exact) mass is 134 g/mol. The molecule has 3 nitrogen and oxygen atoms in total. The Kier molecular flexibility index (Phi) is 4.32. The lowest BCUT2D eigenvalue weighted by atomic mass is 9.98. The highest BCUT2D eigenvalue weighted by Gasteiger charge is 2.21. The lowest BCUT2D eigenvalue weighted by Gasteiger charge is -2.13. The molecular formula is C6H14O3. The zero-order chi connectivity index (χ0) is 6.78.